The van der Waals surface area contributed by atoms with Crippen LogP contribution in [0.2, 0.25) is 5.02 Å². The standard InChI is InChI=1S/C17H19ClFNO/c18-15-6-3-7-16(19)14(15)11-20(13-8-9-13)17(21)10-12-4-1-2-5-12/h1,3-4,6-7,12-13H,2,5,8-11H2. The molecule has 0 spiro atoms. The van der Waals surface area contributed by atoms with Crippen molar-refractivity contribution >= 4 is 17.5 Å². The summed E-state index contributed by atoms with van der Waals surface area (Å²) in [5.74, 6) is 0.130. The van der Waals surface area contributed by atoms with E-state index >= 15 is 0 Å². The van der Waals surface area contributed by atoms with Gasteiger partial charge < -0.3 is 4.90 Å². The zero-order valence-electron chi connectivity index (χ0n) is 11.9. The van der Waals surface area contributed by atoms with E-state index in [1.54, 1.807) is 12.1 Å². The molecule has 0 radical (unpaired) electrons. The van der Waals surface area contributed by atoms with Crippen molar-refractivity contribution in [3.63, 3.8) is 0 Å². The van der Waals surface area contributed by atoms with Crippen LogP contribution >= 0.6 is 11.6 Å². The Labute approximate surface area is 129 Å². The third-order valence-electron chi connectivity index (χ3n) is 4.25. The van der Waals surface area contributed by atoms with Gasteiger partial charge in [0.25, 0.3) is 0 Å². The fraction of sp³-hybridized carbons (Fsp3) is 0.471. The van der Waals surface area contributed by atoms with Gasteiger partial charge in [-0.1, -0.05) is 29.8 Å². The van der Waals surface area contributed by atoms with Crippen molar-refractivity contribution < 1.29 is 9.18 Å². The first kappa shape index (κ1) is 14.6. The normalized spacial score (nSPS) is 20.8. The molecular formula is C17H19ClFNO. The molecule has 1 amide bonds. The monoisotopic (exact) mass is 307 g/mol. The van der Waals surface area contributed by atoms with Gasteiger partial charge in [0.2, 0.25) is 5.91 Å². The fourth-order valence-electron chi connectivity index (χ4n) is 2.87. The molecule has 1 aromatic carbocycles. The van der Waals surface area contributed by atoms with Gasteiger partial charge in [0.15, 0.2) is 0 Å². The molecule has 21 heavy (non-hydrogen) atoms. The van der Waals surface area contributed by atoms with Gasteiger partial charge in [-0.15, -0.1) is 0 Å². The smallest absolute Gasteiger partial charge is 0.223 e. The van der Waals surface area contributed by atoms with Gasteiger partial charge in [0.1, 0.15) is 5.82 Å². The SMILES string of the molecule is O=C(CC1C=CCC1)N(Cc1c(F)cccc1Cl)C1CC1. The maximum Gasteiger partial charge on any atom is 0.223 e. The fourth-order valence-corrected chi connectivity index (χ4v) is 3.09. The van der Waals surface area contributed by atoms with E-state index in [0.717, 1.165) is 25.7 Å². The molecule has 1 saturated carbocycles. The van der Waals surface area contributed by atoms with Gasteiger partial charge in [-0.25, -0.2) is 4.39 Å². The maximum atomic E-state index is 13.9. The molecule has 1 fully saturated rings. The Morgan fingerprint density at radius 1 is 1.33 bits per heavy atom. The molecule has 2 aliphatic rings. The van der Waals surface area contributed by atoms with Crippen molar-refractivity contribution in [2.45, 2.75) is 44.7 Å². The first-order valence-electron chi connectivity index (χ1n) is 7.54. The van der Waals surface area contributed by atoms with Crippen molar-refractivity contribution in [3.8, 4) is 0 Å². The average molecular weight is 308 g/mol. The summed E-state index contributed by atoms with van der Waals surface area (Å²) in [5, 5.41) is 0.397. The zero-order valence-corrected chi connectivity index (χ0v) is 12.7. The summed E-state index contributed by atoms with van der Waals surface area (Å²) in [6.45, 7) is 0.283. The van der Waals surface area contributed by atoms with Crippen LogP contribution in [0.3, 0.4) is 0 Å². The Balaban J connectivity index is 1.72. The van der Waals surface area contributed by atoms with Crippen LogP contribution in [0.25, 0.3) is 0 Å². The molecule has 4 heteroatoms. The number of allylic oxidation sites excluding steroid dienone is 2. The molecular weight excluding hydrogens is 289 g/mol. The lowest BCUT2D eigenvalue weighted by atomic mass is 10.0. The van der Waals surface area contributed by atoms with E-state index in [1.165, 1.54) is 6.07 Å². The molecule has 2 aliphatic carbocycles. The molecule has 0 N–H and O–H groups in total. The van der Waals surface area contributed by atoms with Crippen LogP contribution < -0.4 is 0 Å². The Hall–Kier alpha value is -1.35. The van der Waals surface area contributed by atoms with E-state index < -0.39 is 0 Å². The van der Waals surface area contributed by atoms with Crippen molar-refractivity contribution in [2.24, 2.45) is 5.92 Å². The Kier molecular flexibility index (Phi) is 4.29. The summed E-state index contributed by atoms with van der Waals surface area (Å²) in [7, 11) is 0. The van der Waals surface area contributed by atoms with Crippen LogP contribution in [0.5, 0.6) is 0 Å². The Bertz CT molecular complexity index is 548. The van der Waals surface area contributed by atoms with Crippen molar-refractivity contribution in [3.05, 3.63) is 46.8 Å². The lowest BCUT2D eigenvalue weighted by Gasteiger charge is -2.24. The van der Waals surface area contributed by atoms with Crippen LogP contribution in [0.1, 0.15) is 37.7 Å². The minimum absolute atomic E-state index is 0.119. The van der Waals surface area contributed by atoms with Gasteiger partial charge in [-0.05, 0) is 43.7 Å². The topological polar surface area (TPSA) is 20.3 Å². The number of halogens is 2. The van der Waals surface area contributed by atoms with Crippen LogP contribution in [0.15, 0.2) is 30.4 Å². The highest BCUT2D eigenvalue weighted by Crippen LogP contribution is 2.32. The van der Waals surface area contributed by atoms with E-state index in [9.17, 15) is 9.18 Å². The maximum absolute atomic E-state index is 13.9. The summed E-state index contributed by atoms with van der Waals surface area (Å²) in [4.78, 5) is 14.4. The van der Waals surface area contributed by atoms with Gasteiger partial charge in [-0.3, -0.25) is 4.79 Å². The second kappa shape index (κ2) is 6.18. The van der Waals surface area contributed by atoms with Gasteiger partial charge in [0.05, 0.1) is 6.54 Å². The quantitative estimate of drug-likeness (QED) is 0.742. The van der Waals surface area contributed by atoms with Crippen LogP contribution in [-0.2, 0) is 11.3 Å². The van der Waals surface area contributed by atoms with Crippen LogP contribution in [-0.4, -0.2) is 16.8 Å². The van der Waals surface area contributed by atoms with Crippen molar-refractivity contribution in [2.75, 3.05) is 0 Å². The lowest BCUT2D eigenvalue weighted by Crippen LogP contribution is -2.33. The molecule has 0 heterocycles. The summed E-state index contributed by atoms with van der Waals surface area (Å²) in [5.41, 5.74) is 0.432. The van der Waals surface area contributed by atoms with E-state index in [1.807, 2.05) is 4.90 Å². The largest absolute Gasteiger partial charge is 0.335 e. The first-order valence-corrected chi connectivity index (χ1v) is 7.92. The van der Waals surface area contributed by atoms with Crippen LogP contribution in [0.4, 0.5) is 4.39 Å². The minimum atomic E-state index is -0.332. The molecule has 3 rings (SSSR count). The number of nitrogens with zero attached hydrogens (tertiary/aromatic N) is 1. The number of benzene rings is 1. The van der Waals surface area contributed by atoms with Crippen LogP contribution in [0, 0.1) is 11.7 Å². The molecule has 0 aromatic heterocycles. The highest BCUT2D eigenvalue weighted by atomic mass is 35.5. The number of hydrogen-bond donors (Lipinski definition) is 0. The summed E-state index contributed by atoms with van der Waals surface area (Å²) >= 11 is 6.08. The second-order valence-corrected chi connectivity index (χ2v) is 6.33. The molecule has 1 unspecified atom stereocenters. The predicted octanol–water partition coefficient (Wildman–Crippen LogP) is 4.33. The number of carbonyl (C=O) groups is 1. The van der Waals surface area contributed by atoms with Gasteiger partial charge in [0, 0.05) is 23.0 Å². The Morgan fingerprint density at radius 2 is 2.14 bits per heavy atom. The summed E-state index contributed by atoms with van der Waals surface area (Å²) < 4.78 is 13.9. The molecule has 1 atom stereocenters. The van der Waals surface area contributed by atoms with Crippen molar-refractivity contribution in [1.29, 1.82) is 0 Å². The van der Waals surface area contributed by atoms with E-state index in [4.69, 9.17) is 11.6 Å². The van der Waals surface area contributed by atoms with E-state index in [2.05, 4.69) is 12.2 Å². The minimum Gasteiger partial charge on any atom is -0.335 e. The zero-order chi connectivity index (χ0) is 14.8. The molecule has 2 nitrogen and oxygen atoms in total. The van der Waals surface area contributed by atoms with Gasteiger partial charge >= 0.3 is 0 Å². The number of hydrogen-bond acceptors (Lipinski definition) is 1. The first-order chi connectivity index (χ1) is 10.1. The van der Waals surface area contributed by atoms with E-state index in [0.29, 0.717) is 22.9 Å². The van der Waals surface area contributed by atoms with E-state index in [-0.39, 0.29) is 24.3 Å². The molecule has 112 valence electrons. The summed E-state index contributed by atoms with van der Waals surface area (Å²) in [6, 6.07) is 4.93. The number of rotatable bonds is 5. The lowest BCUT2D eigenvalue weighted by molar-refractivity contribution is -0.133. The Morgan fingerprint density at radius 3 is 2.76 bits per heavy atom. The summed E-state index contributed by atoms with van der Waals surface area (Å²) in [6.07, 6.45) is 8.91. The number of amides is 1. The predicted molar refractivity (Wildman–Crippen MR) is 81.5 cm³/mol. The highest BCUT2D eigenvalue weighted by molar-refractivity contribution is 6.31. The second-order valence-electron chi connectivity index (χ2n) is 5.92. The molecule has 0 saturated heterocycles. The van der Waals surface area contributed by atoms with Gasteiger partial charge in [-0.2, -0.15) is 0 Å². The molecule has 0 bridgehead atoms. The number of carbonyl (C=O) groups excluding carboxylic acids is 1. The average Bonchev–Trinajstić information content (AvgIpc) is 3.16. The third-order valence-corrected chi connectivity index (χ3v) is 4.60. The highest BCUT2D eigenvalue weighted by Gasteiger charge is 2.34. The molecule has 0 aliphatic heterocycles. The van der Waals surface area contributed by atoms with Crippen molar-refractivity contribution in [1.82, 2.24) is 4.90 Å². The third kappa shape index (κ3) is 3.46. The molecule has 1 aromatic rings.